The number of rotatable bonds is 1. The molecule has 2 nitrogen and oxygen atoms in total. The summed E-state index contributed by atoms with van der Waals surface area (Å²) < 4.78 is 0. The molecule has 3 fully saturated rings. The fourth-order valence-electron chi connectivity index (χ4n) is 5.06. The molecule has 0 spiro atoms. The lowest BCUT2D eigenvalue weighted by molar-refractivity contribution is -0.0667. The highest BCUT2D eigenvalue weighted by Gasteiger charge is 2.65. The van der Waals surface area contributed by atoms with Gasteiger partial charge in [-0.3, -0.25) is 0 Å². The van der Waals surface area contributed by atoms with Gasteiger partial charge in [-0.2, -0.15) is 0 Å². The van der Waals surface area contributed by atoms with Crippen LogP contribution >= 0.6 is 0 Å². The van der Waals surface area contributed by atoms with Gasteiger partial charge in [-0.05, 0) is 60.7 Å². The van der Waals surface area contributed by atoms with E-state index in [-0.39, 0.29) is 6.61 Å². The molecule has 0 unspecified atom stereocenters. The van der Waals surface area contributed by atoms with E-state index in [1.54, 1.807) is 0 Å². The SMILES string of the molecule is CC1(C)C[C@@H]2C[C@@]2(C)[C@@H]2CC[C@@](O)(CO)[C@H]2C1. The van der Waals surface area contributed by atoms with Crippen molar-refractivity contribution in [1.29, 1.82) is 0 Å². The number of aliphatic hydroxyl groups is 2. The van der Waals surface area contributed by atoms with E-state index >= 15 is 0 Å². The Labute approximate surface area is 104 Å². The van der Waals surface area contributed by atoms with Crippen molar-refractivity contribution in [3.63, 3.8) is 0 Å². The molecule has 0 aromatic rings. The summed E-state index contributed by atoms with van der Waals surface area (Å²) >= 11 is 0. The number of fused-ring (bicyclic) bond motifs is 3. The maximum atomic E-state index is 10.7. The summed E-state index contributed by atoms with van der Waals surface area (Å²) in [4.78, 5) is 0. The normalized spacial score (nSPS) is 55.9. The first kappa shape index (κ1) is 12.0. The van der Waals surface area contributed by atoms with E-state index in [9.17, 15) is 10.2 Å². The number of aliphatic hydroxyl groups excluding tert-OH is 1. The Balaban J connectivity index is 1.95. The van der Waals surface area contributed by atoms with Gasteiger partial charge in [0.1, 0.15) is 0 Å². The molecule has 0 amide bonds. The van der Waals surface area contributed by atoms with Crippen LogP contribution in [0.4, 0.5) is 0 Å². The highest BCUT2D eigenvalue weighted by atomic mass is 16.3. The van der Waals surface area contributed by atoms with Gasteiger partial charge in [-0.25, -0.2) is 0 Å². The van der Waals surface area contributed by atoms with Crippen molar-refractivity contribution < 1.29 is 10.2 Å². The maximum absolute atomic E-state index is 10.7. The zero-order chi connectivity index (χ0) is 12.5. The molecule has 2 N–H and O–H groups in total. The van der Waals surface area contributed by atoms with Gasteiger partial charge in [-0.15, -0.1) is 0 Å². The van der Waals surface area contributed by atoms with Gasteiger partial charge in [0, 0.05) is 0 Å². The standard InChI is InChI=1S/C15H26O2/c1-13(2)6-10-7-14(10,3)11-4-5-15(17,9-16)12(11)8-13/h10-12,16-17H,4-9H2,1-3H3/t10-,11-,12+,14-,15-/m1/s1. The summed E-state index contributed by atoms with van der Waals surface area (Å²) in [6.45, 7) is 7.04. The quantitative estimate of drug-likeness (QED) is 0.737. The molecule has 3 aliphatic rings. The van der Waals surface area contributed by atoms with E-state index in [1.165, 1.54) is 12.8 Å². The Morgan fingerprint density at radius 3 is 2.41 bits per heavy atom. The lowest BCUT2D eigenvalue weighted by Crippen LogP contribution is -2.41. The molecular formula is C15H26O2. The average Bonchev–Trinajstić information content (AvgIpc) is 2.74. The summed E-state index contributed by atoms with van der Waals surface area (Å²) in [5.74, 6) is 1.83. The Kier molecular flexibility index (Phi) is 2.30. The molecule has 0 aromatic carbocycles. The van der Waals surface area contributed by atoms with Crippen molar-refractivity contribution in [2.45, 2.75) is 58.5 Å². The first-order valence-corrected chi connectivity index (χ1v) is 7.14. The van der Waals surface area contributed by atoms with E-state index < -0.39 is 5.60 Å². The van der Waals surface area contributed by atoms with E-state index in [2.05, 4.69) is 20.8 Å². The topological polar surface area (TPSA) is 40.5 Å². The van der Waals surface area contributed by atoms with Gasteiger partial charge in [0.05, 0.1) is 12.2 Å². The zero-order valence-electron chi connectivity index (χ0n) is 11.4. The molecule has 0 aliphatic heterocycles. The van der Waals surface area contributed by atoms with E-state index in [0.717, 1.165) is 25.2 Å². The summed E-state index contributed by atoms with van der Waals surface area (Å²) in [6, 6.07) is 0. The molecule has 98 valence electrons. The highest BCUT2D eigenvalue weighted by Crippen LogP contribution is 2.70. The van der Waals surface area contributed by atoms with Crippen LogP contribution in [0.2, 0.25) is 0 Å². The predicted octanol–water partition coefficient (Wildman–Crippen LogP) is 2.58. The van der Waals surface area contributed by atoms with Crippen LogP contribution in [0.25, 0.3) is 0 Å². The predicted molar refractivity (Wildman–Crippen MR) is 67.5 cm³/mol. The molecule has 0 bridgehead atoms. The molecule has 0 aromatic heterocycles. The van der Waals surface area contributed by atoms with Crippen LogP contribution < -0.4 is 0 Å². The van der Waals surface area contributed by atoms with Crippen molar-refractivity contribution in [1.82, 2.24) is 0 Å². The smallest absolute Gasteiger partial charge is 0.0908 e. The minimum atomic E-state index is -0.789. The van der Waals surface area contributed by atoms with Gasteiger partial charge in [0.2, 0.25) is 0 Å². The Morgan fingerprint density at radius 2 is 1.76 bits per heavy atom. The summed E-state index contributed by atoms with van der Waals surface area (Å²) in [7, 11) is 0. The van der Waals surface area contributed by atoms with Crippen LogP contribution in [-0.2, 0) is 0 Å². The molecular weight excluding hydrogens is 212 g/mol. The fraction of sp³-hybridized carbons (Fsp3) is 1.00. The second kappa shape index (κ2) is 3.27. The lowest BCUT2D eigenvalue weighted by atomic mass is 9.72. The van der Waals surface area contributed by atoms with Gasteiger partial charge >= 0.3 is 0 Å². The molecule has 5 atom stereocenters. The van der Waals surface area contributed by atoms with Crippen LogP contribution in [0.3, 0.4) is 0 Å². The lowest BCUT2D eigenvalue weighted by Gasteiger charge is -2.37. The monoisotopic (exact) mass is 238 g/mol. The second-order valence-corrected chi connectivity index (χ2v) is 7.99. The Morgan fingerprint density at radius 1 is 1.06 bits per heavy atom. The number of hydrogen-bond acceptors (Lipinski definition) is 2. The molecule has 3 rings (SSSR count). The van der Waals surface area contributed by atoms with Crippen LogP contribution in [0.15, 0.2) is 0 Å². The van der Waals surface area contributed by atoms with Crippen molar-refractivity contribution in [2.75, 3.05) is 6.61 Å². The molecule has 0 radical (unpaired) electrons. The highest BCUT2D eigenvalue weighted by molar-refractivity contribution is 5.14. The average molecular weight is 238 g/mol. The summed E-state index contributed by atoms with van der Waals surface area (Å²) in [5, 5.41) is 20.2. The fourth-order valence-corrected chi connectivity index (χ4v) is 5.06. The molecule has 17 heavy (non-hydrogen) atoms. The first-order chi connectivity index (χ1) is 7.81. The van der Waals surface area contributed by atoms with Crippen molar-refractivity contribution >= 4 is 0 Å². The van der Waals surface area contributed by atoms with E-state index in [0.29, 0.717) is 22.7 Å². The first-order valence-electron chi connectivity index (χ1n) is 7.14. The number of hydrogen-bond donors (Lipinski definition) is 2. The van der Waals surface area contributed by atoms with E-state index in [1.807, 2.05) is 0 Å². The molecule has 3 aliphatic carbocycles. The molecule has 3 saturated carbocycles. The van der Waals surface area contributed by atoms with Crippen molar-refractivity contribution in [3.8, 4) is 0 Å². The van der Waals surface area contributed by atoms with Crippen molar-refractivity contribution in [3.05, 3.63) is 0 Å². The van der Waals surface area contributed by atoms with Crippen LogP contribution in [0.5, 0.6) is 0 Å². The van der Waals surface area contributed by atoms with Gasteiger partial charge in [0.25, 0.3) is 0 Å². The minimum absolute atomic E-state index is 0.0506. The summed E-state index contributed by atoms with van der Waals surface area (Å²) in [6.07, 6.45) is 5.65. The van der Waals surface area contributed by atoms with Gasteiger partial charge in [0.15, 0.2) is 0 Å². The summed E-state index contributed by atoms with van der Waals surface area (Å²) in [5.41, 5.74) is 0.00977. The van der Waals surface area contributed by atoms with Gasteiger partial charge in [-0.1, -0.05) is 20.8 Å². The third-order valence-electron chi connectivity index (χ3n) is 6.22. The van der Waals surface area contributed by atoms with E-state index in [4.69, 9.17) is 0 Å². The molecule has 2 heteroatoms. The zero-order valence-corrected chi connectivity index (χ0v) is 11.4. The Bertz CT molecular complexity index is 338. The maximum Gasteiger partial charge on any atom is 0.0908 e. The van der Waals surface area contributed by atoms with Crippen LogP contribution in [0, 0.1) is 28.6 Å². The van der Waals surface area contributed by atoms with Crippen molar-refractivity contribution in [2.24, 2.45) is 28.6 Å². The van der Waals surface area contributed by atoms with Crippen LogP contribution in [0.1, 0.15) is 52.9 Å². The van der Waals surface area contributed by atoms with Crippen LogP contribution in [-0.4, -0.2) is 22.4 Å². The minimum Gasteiger partial charge on any atom is -0.393 e. The van der Waals surface area contributed by atoms with Gasteiger partial charge < -0.3 is 10.2 Å². The molecule has 0 heterocycles. The third-order valence-corrected chi connectivity index (χ3v) is 6.22. The largest absolute Gasteiger partial charge is 0.393 e. The Hall–Kier alpha value is -0.0800. The second-order valence-electron chi connectivity index (χ2n) is 7.99. The molecule has 0 saturated heterocycles. The third kappa shape index (κ3) is 1.60.